The van der Waals surface area contributed by atoms with E-state index in [1.165, 1.54) is 51.4 Å². The molecule has 2 saturated carbocycles. The summed E-state index contributed by atoms with van der Waals surface area (Å²) in [6.45, 7) is 5.69. The van der Waals surface area contributed by atoms with Gasteiger partial charge in [-0.2, -0.15) is 0 Å². The van der Waals surface area contributed by atoms with Crippen LogP contribution in [0.2, 0.25) is 0 Å². The number of nitrogens with one attached hydrogen (secondary N) is 1. The van der Waals surface area contributed by atoms with E-state index in [1.54, 1.807) is 0 Å². The molecule has 2 unspecified atom stereocenters. The maximum absolute atomic E-state index is 10.3. The first-order valence-electron chi connectivity index (χ1n) is 8.76. The number of hydrogen-bond donors (Lipinski definition) is 2. The topological polar surface area (TPSA) is 35.5 Å². The lowest BCUT2D eigenvalue weighted by atomic mass is 9.83. The maximum Gasteiger partial charge on any atom is 0.0695 e. The van der Waals surface area contributed by atoms with E-state index >= 15 is 0 Å². The minimum atomic E-state index is -0.101. The fourth-order valence-electron chi connectivity index (χ4n) is 4.30. The summed E-state index contributed by atoms with van der Waals surface area (Å²) in [5.41, 5.74) is 0.459. The summed E-state index contributed by atoms with van der Waals surface area (Å²) >= 11 is 0. The van der Waals surface area contributed by atoms with E-state index in [0.717, 1.165) is 26.1 Å². The molecule has 3 heteroatoms. The number of aliphatic hydroxyl groups is 1. The number of hydrogen-bond acceptors (Lipinski definition) is 3. The van der Waals surface area contributed by atoms with Gasteiger partial charge in [-0.15, -0.1) is 0 Å². The Bertz CT molecular complexity index is 276. The van der Waals surface area contributed by atoms with Crippen molar-refractivity contribution in [3.63, 3.8) is 0 Å². The predicted molar refractivity (Wildman–Crippen MR) is 85.0 cm³/mol. The van der Waals surface area contributed by atoms with Crippen molar-refractivity contribution in [1.29, 1.82) is 0 Å². The molecule has 2 aliphatic rings. The van der Waals surface area contributed by atoms with Crippen LogP contribution in [0.25, 0.3) is 0 Å². The normalized spacial score (nSPS) is 30.0. The summed E-state index contributed by atoms with van der Waals surface area (Å²) in [6.07, 6.45) is 11.3. The van der Waals surface area contributed by atoms with Gasteiger partial charge in [0.2, 0.25) is 0 Å². The first kappa shape index (κ1) is 16.3. The third-order valence-corrected chi connectivity index (χ3v) is 5.44. The molecule has 2 aliphatic carbocycles. The number of likely N-dealkylation sites (N-methyl/N-ethyl adjacent to an activating group) is 1. The van der Waals surface area contributed by atoms with E-state index in [9.17, 15) is 5.11 Å². The smallest absolute Gasteiger partial charge is 0.0695 e. The van der Waals surface area contributed by atoms with Crippen LogP contribution in [0.5, 0.6) is 0 Å². The van der Waals surface area contributed by atoms with Crippen LogP contribution in [0.4, 0.5) is 0 Å². The van der Waals surface area contributed by atoms with Crippen LogP contribution >= 0.6 is 0 Å². The third-order valence-electron chi connectivity index (χ3n) is 5.44. The van der Waals surface area contributed by atoms with Crippen molar-refractivity contribution in [3.8, 4) is 0 Å². The fraction of sp³-hybridized carbons (Fsp3) is 1.00. The van der Waals surface area contributed by atoms with Crippen molar-refractivity contribution in [2.45, 2.75) is 76.9 Å². The second kappa shape index (κ2) is 7.77. The van der Waals surface area contributed by atoms with Crippen molar-refractivity contribution in [2.24, 2.45) is 5.41 Å². The zero-order chi connectivity index (χ0) is 14.4. The van der Waals surface area contributed by atoms with Crippen molar-refractivity contribution < 1.29 is 5.11 Å². The molecule has 0 spiro atoms. The molecule has 0 amide bonds. The Morgan fingerprint density at radius 2 is 1.85 bits per heavy atom. The zero-order valence-corrected chi connectivity index (χ0v) is 13.5. The SMILES string of the molecule is CCCNCC1(CN(C)C2CCCCC2O)CCCC1. The minimum Gasteiger partial charge on any atom is -0.391 e. The summed E-state index contributed by atoms with van der Waals surface area (Å²) in [7, 11) is 2.24. The van der Waals surface area contributed by atoms with Crippen molar-refractivity contribution in [3.05, 3.63) is 0 Å². The highest BCUT2D eigenvalue weighted by Crippen LogP contribution is 2.39. The average molecular weight is 282 g/mol. The second-order valence-corrected chi connectivity index (χ2v) is 7.22. The van der Waals surface area contributed by atoms with Gasteiger partial charge in [-0.1, -0.05) is 32.6 Å². The van der Waals surface area contributed by atoms with E-state index in [0.29, 0.717) is 11.5 Å². The van der Waals surface area contributed by atoms with Gasteiger partial charge < -0.3 is 15.3 Å². The highest BCUT2D eigenvalue weighted by molar-refractivity contribution is 4.92. The molecule has 0 heterocycles. The standard InChI is InChI=1S/C17H34N2O/c1-3-12-18-13-17(10-6-7-11-17)14-19(2)15-8-4-5-9-16(15)20/h15-16,18,20H,3-14H2,1-2H3. The summed E-state index contributed by atoms with van der Waals surface area (Å²) in [5, 5.41) is 13.9. The molecule has 0 aromatic heterocycles. The van der Waals surface area contributed by atoms with E-state index in [-0.39, 0.29) is 6.10 Å². The summed E-state index contributed by atoms with van der Waals surface area (Å²) < 4.78 is 0. The van der Waals surface area contributed by atoms with Gasteiger partial charge in [-0.05, 0) is 51.1 Å². The van der Waals surface area contributed by atoms with E-state index in [2.05, 4.69) is 24.2 Å². The van der Waals surface area contributed by atoms with Gasteiger partial charge in [0, 0.05) is 19.1 Å². The van der Waals surface area contributed by atoms with E-state index in [1.807, 2.05) is 0 Å². The Labute approximate surface area is 125 Å². The van der Waals surface area contributed by atoms with Gasteiger partial charge >= 0.3 is 0 Å². The molecule has 2 atom stereocenters. The molecule has 118 valence electrons. The van der Waals surface area contributed by atoms with Crippen molar-refractivity contribution >= 4 is 0 Å². The largest absolute Gasteiger partial charge is 0.391 e. The highest BCUT2D eigenvalue weighted by atomic mass is 16.3. The summed E-state index contributed by atoms with van der Waals surface area (Å²) in [5.74, 6) is 0. The van der Waals surface area contributed by atoms with E-state index in [4.69, 9.17) is 0 Å². The summed E-state index contributed by atoms with van der Waals surface area (Å²) in [4.78, 5) is 2.47. The second-order valence-electron chi connectivity index (χ2n) is 7.22. The molecule has 0 aliphatic heterocycles. The molecule has 0 radical (unpaired) electrons. The molecule has 2 rings (SSSR count). The van der Waals surface area contributed by atoms with Crippen LogP contribution in [0, 0.1) is 5.41 Å². The van der Waals surface area contributed by atoms with Crippen LogP contribution in [0.15, 0.2) is 0 Å². The molecule has 3 nitrogen and oxygen atoms in total. The number of nitrogens with zero attached hydrogens (tertiary/aromatic N) is 1. The van der Waals surface area contributed by atoms with Crippen LogP contribution in [0.3, 0.4) is 0 Å². The van der Waals surface area contributed by atoms with Gasteiger partial charge in [0.25, 0.3) is 0 Å². The van der Waals surface area contributed by atoms with Gasteiger partial charge in [-0.3, -0.25) is 0 Å². The monoisotopic (exact) mass is 282 g/mol. The average Bonchev–Trinajstić information content (AvgIpc) is 2.88. The summed E-state index contributed by atoms with van der Waals surface area (Å²) in [6, 6.07) is 0.396. The Kier molecular flexibility index (Phi) is 6.31. The van der Waals surface area contributed by atoms with Crippen LogP contribution < -0.4 is 5.32 Å². The Hall–Kier alpha value is -0.120. The molecular weight excluding hydrogens is 248 g/mol. The first-order valence-corrected chi connectivity index (χ1v) is 8.76. The Morgan fingerprint density at radius 3 is 2.50 bits per heavy atom. The van der Waals surface area contributed by atoms with Crippen LogP contribution in [-0.2, 0) is 0 Å². The molecule has 2 fully saturated rings. The predicted octanol–water partition coefficient (Wildman–Crippen LogP) is 2.78. The lowest BCUT2D eigenvalue weighted by molar-refractivity contribution is 0.0127. The highest BCUT2D eigenvalue weighted by Gasteiger charge is 2.37. The third kappa shape index (κ3) is 4.19. The molecule has 0 aromatic carbocycles. The lowest BCUT2D eigenvalue weighted by Gasteiger charge is -2.41. The van der Waals surface area contributed by atoms with Gasteiger partial charge in [0.1, 0.15) is 0 Å². The zero-order valence-electron chi connectivity index (χ0n) is 13.5. The van der Waals surface area contributed by atoms with Crippen LogP contribution in [-0.4, -0.2) is 48.8 Å². The quantitative estimate of drug-likeness (QED) is 0.705. The number of aliphatic hydroxyl groups excluding tert-OH is 1. The minimum absolute atomic E-state index is 0.101. The van der Waals surface area contributed by atoms with Crippen molar-refractivity contribution in [2.75, 3.05) is 26.7 Å². The van der Waals surface area contributed by atoms with Gasteiger partial charge in [-0.25, -0.2) is 0 Å². The fourth-order valence-corrected chi connectivity index (χ4v) is 4.30. The molecule has 0 saturated heterocycles. The lowest BCUT2D eigenvalue weighted by Crippen LogP contribution is -2.49. The maximum atomic E-state index is 10.3. The Morgan fingerprint density at radius 1 is 1.15 bits per heavy atom. The van der Waals surface area contributed by atoms with Crippen molar-refractivity contribution in [1.82, 2.24) is 10.2 Å². The first-order chi connectivity index (χ1) is 9.67. The Balaban J connectivity index is 1.89. The molecule has 0 aromatic rings. The van der Waals surface area contributed by atoms with Gasteiger partial charge in [0.15, 0.2) is 0 Å². The van der Waals surface area contributed by atoms with Gasteiger partial charge in [0.05, 0.1) is 6.10 Å². The molecule has 0 bridgehead atoms. The van der Waals surface area contributed by atoms with Crippen LogP contribution in [0.1, 0.15) is 64.7 Å². The molecular formula is C17H34N2O. The number of rotatable bonds is 7. The molecule has 2 N–H and O–H groups in total. The molecule has 20 heavy (non-hydrogen) atoms. The van der Waals surface area contributed by atoms with E-state index < -0.39 is 0 Å².